The lowest BCUT2D eigenvalue weighted by molar-refractivity contribution is -0.385. The molecule has 0 spiro atoms. The van der Waals surface area contributed by atoms with E-state index < -0.39 is 17.1 Å². The molecule has 1 aromatic rings. The number of carbonyl (C=O) groups is 2. The number of nitrogens with zero attached hydrogens (tertiary/aromatic N) is 1. The maximum Gasteiger partial charge on any atom is 0.407 e. The molecule has 0 saturated carbocycles. The summed E-state index contributed by atoms with van der Waals surface area (Å²) in [4.78, 5) is 31.6. The molecule has 1 aliphatic rings. The molecule has 1 unspecified atom stereocenters. The second-order valence-corrected chi connectivity index (χ2v) is 3.82. The number of cyclic esters (lactones) is 1. The lowest BCUT2D eigenvalue weighted by Crippen LogP contribution is -2.22. The van der Waals surface area contributed by atoms with Crippen LogP contribution in [0.3, 0.4) is 0 Å². The Balaban J connectivity index is 2.08. The molecule has 8 nitrogen and oxygen atoms in total. The third kappa shape index (κ3) is 2.97. The fourth-order valence-electron chi connectivity index (χ4n) is 1.58. The molecule has 1 saturated heterocycles. The zero-order chi connectivity index (χ0) is 13.8. The van der Waals surface area contributed by atoms with Gasteiger partial charge in [-0.2, -0.15) is 0 Å². The van der Waals surface area contributed by atoms with Crippen LogP contribution in [0.2, 0.25) is 0 Å². The number of amides is 1. The summed E-state index contributed by atoms with van der Waals surface area (Å²) >= 11 is 0. The van der Waals surface area contributed by atoms with Gasteiger partial charge in [-0.15, -0.1) is 0 Å². The van der Waals surface area contributed by atoms with E-state index in [9.17, 15) is 19.7 Å². The van der Waals surface area contributed by atoms with Crippen LogP contribution in [-0.2, 0) is 4.74 Å². The molecule has 1 aromatic carbocycles. The van der Waals surface area contributed by atoms with Crippen molar-refractivity contribution in [1.29, 1.82) is 0 Å². The molecule has 0 aliphatic carbocycles. The second kappa shape index (κ2) is 5.34. The molecule has 2 rings (SSSR count). The molecule has 1 aliphatic heterocycles. The lowest BCUT2D eigenvalue weighted by atomic mass is 10.2. The number of benzene rings is 1. The third-order valence-electron chi connectivity index (χ3n) is 2.49. The number of hydrogen-bond donors (Lipinski definition) is 1. The monoisotopic (exact) mass is 266 g/mol. The Kier molecular flexibility index (Phi) is 3.60. The number of nitro benzene ring substituents is 1. The molecule has 0 bridgehead atoms. The summed E-state index contributed by atoms with van der Waals surface area (Å²) in [5.41, 5.74) is -0.116. The minimum atomic E-state index is -0.638. The Morgan fingerprint density at radius 1 is 1.58 bits per heavy atom. The van der Waals surface area contributed by atoms with Gasteiger partial charge >= 0.3 is 11.8 Å². The first-order valence-corrected chi connectivity index (χ1v) is 5.41. The number of nitrogens with one attached hydrogen (secondary N) is 1. The first kappa shape index (κ1) is 12.8. The fraction of sp³-hybridized carbons (Fsp3) is 0.273. The molecule has 100 valence electrons. The highest BCUT2D eigenvalue weighted by Crippen LogP contribution is 2.27. The highest BCUT2D eigenvalue weighted by molar-refractivity contribution is 5.77. The number of aldehydes is 1. The molecule has 1 atom stereocenters. The molecular weight excluding hydrogens is 256 g/mol. The van der Waals surface area contributed by atoms with Crippen molar-refractivity contribution in [2.45, 2.75) is 6.10 Å². The standard InChI is InChI=1S/C11H10N2O6/c14-5-7-1-2-10(9(3-7)13(16)17)18-6-8-4-12-11(15)19-8/h1-3,5,8H,4,6H2,(H,12,15). The number of ether oxygens (including phenoxy) is 2. The predicted molar refractivity (Wildman–Crippen MR) is 62.3 cm³/mol. The van der Waals surface area contributed by atoms with Gasteiger partial charge in [-0.25, -0.2) is 4.79 Å². The maximum absolute atomic E-state index is 10.8. The summed E-state index contributed by atoms with van der Waals surface area (Å²) in [6.45, 7) is 0.291. The number of hydrogen-bond acceptors (Lipinski definition) is 6. The van der Waals surface area contributed by atoms with Crippen molar-refractivity contribution < 1.29 is 24.0 Å². The van der Waals surface area contributed by atoms with E-state index in [1.54, 1.807) is 0 Å². The minimum absolute atomic E-state index is 0.0000158. The summed E-state index contributed by atoms with van der Waals surface area (Å²) in [5, 5.41) is 13.3. The zero-order valence-corrected chi connectivity index (χ0v) is 9.70. The summed E-state index contributed by atoms with van der Waals surface area (Å²) in [6, 6.07) is 3.88. The minimum Gasteiger partial charge on any atom is -0.483 e. The number of carbonyl (C=O) groups excluding carboxylic acids is 2. The van der Waals surface area contributed by atoms with Crippen molar-refractivity contribution in [3.8, 4) is 5.75 Å². The van der Waals surface area contributed by atoms with Gasteiger partial charge in [0, 0.05) is 11.6 Å². The van der Waals surface area contributed by atoms with E-state index in [4.69, 9.17) is 9.47 Å². The molecular formula is C11H10N2O6. The molecule has 1 fully saturated rings. The number of nitro groups is 1. The summed E-state index contributed by atoms with van der Waals surface area (Å²) in [6.07, 6.45) is -0.517. The molecule has 1 N–H and O–H groups in total. The van der Waals surface area contributed by atoms with Crippen LogP contribution >= 0.6 is 0 Å². The van der Waals surface area contributed by atoms with E-state index in [1.807, 2.05) is 0 Å². The average Bonchev–Trinajstić information content (AvgIpc) is 2.82. The molecule has 1 heterocycles. The van der Waals surface area contributed by atoms with E-state index in [1.165, 1.54) is 12.1 Å². The topological polar surface area (TPSA) is 108 Å². The summed E-state index contributed by atoms with van der Waals surface area (Å²) in [5.74, 6) is 0.0264. The molecule has 1 amide bonds. The van der Waals surface area contributed by atoms with E-state index in [-0.39, 0.29) is 23.6 Å². The van der Waals surface area contributed by atoms with Gasteiger partial charge in [0.15, 0.2) is 11.9 Å². The van der Waals surface area contributed by atoms with Crippen LogP contribution in [0.4, 0.5) is 10.5 Å². The Morgan fingerprint density at radius 3 is 2.95 bits per heavy atom. The quantitative estimate of drug-likeness (QED) is 0.481. The highest BCUT2D eigenvalue weighted by Gasteiger charge is 2.24. The van der Waals surface area contributed by atoms with Crippen molar-refractivity contribution in [1.82, 2.24) is 5.32 Å². The van der Waals surface area contributed by atoms with Crippen molar-refractivity contribution in [2.24, 2.45) is 0 Å². The molecule has 0 radical (unpaired) electrons. The first-order valence-electron chi connectivity index (χ1n) is 5.41. The predicted octanol–water partition coefficient (Wildman–Crippen LogP) is 0.894. The largest absolute Gasteiger partial charge is 0.483 e. The van der Waals surface area contributed by atoms with Gasteiger partial charge in [0.25, 0.3) is 0 Å². The van der Waals surface area contributed by atoms with Crippen LogP contribution in [-0.4, -0.2) is 36.6 Å². The van der Waals surface area contributed by atoms with Crippen LogP contribution in [0.25, 0.3) is 0 Å². The van der Waals surface area contributed by atoms with Gasteiger partial charge in [0.1, 0.15) is 12.9 Å². The van der Waals surface area contributed by atoms with E-state index >= 15 is 0 Å². The van der Waals surface area contributed by atoms with Crippen molar-refractivity contribution in [3.05, 3.63) is 33.9 Å². The highest BCUT2D eigenvalue weighted by atomic mass is 16.6. The fourth-order valence-corrected chi connectivity index (χ4v) is 1.58. The summed E-state index contributed by atoms with van der Waals surface area (Å²) in [7, 11) is 0. The van der Waals surface area contributed by atoms with Crippen LogP contribution in [0.5, 0.6) is 5.75 Å². The maximum atomic E-state index is 10.8. The van der Waals surface area contributed by atoms with Crippen LogP contribution in [0.15, 0.2) is 18.2 Å². The average molecular weight is 266 g/mol. The van der Waals surface area contributed by atoms with Gasteiger partial charge in [0.2, 0.25) is 0 Å². The summed E-state index contributed by atoms with van der Waals surface area (Å²) < 4.78 is 10.1. The van der Waals surface area contributed by atoms with Gasteiger partial charge in [-0.1, -0.05) is 0 Å². The number of rotatable bonds is 5. The van der Waals surface area contributed by atoms with Gasteiger partial charge < -0.3 is 14.8 Å². The second-order valence-electron chi connectivity index (χ2n) is 3.82. The molecule has 19 heavy (non-hydrogen) atoms. The smallest absolute Gasteiger partial charge is 0.407 e. The molecule has 0 aromatic heterocycles. The van der Waals surface area contributed by atoms with Crippen LogP contribution in [0, 0.1) is 10.1 Å². The van der Waals surface area contributed by atoms with Gasteiger partial charge in [-0.3, -0.25) is 14.9 Å². The normalized spacial score (nSPS) is 17.5. The van der Waals surface area contributed by atoms with E-state index in [2.05, 4.69) is 5.32 Å². The lowest BCUT2D eigenvalue weighted by Gasteiger charge is -2.10. The Hall–Kier alpha value is -2.64. The van der Waals surface area contributed by atoms with Gasteiger partial charge in [-0.05, 0) is 12.1 Å². The van der Waals surface area contributed by atoms with Crippen molar-refractivity contribution in [2.75, 3.05) is 13.2 Å². The Bertz CT molecular complexity index is 530. The Morgan fingerprint density at radius 2 is 2.37 bits per heavy atom. The van der Waals surface area contributed by atoms with Gasteiger partial charge in [0.05, 0.1) is 11.5 Å². The van der Waals surface area contributed by atoms with Crippen LogP contribution in [0.1, 0.15) is 10.4 Å². The number of alkyl carbamates (subject to hydrolysis) is 1. The zero-order valence-electron chi connectivity index (χ0n) is 9.70. The Labute approximate surface area is 107 Å². The van der Waals surface area contributed by atoms with Crippen molar-refractivity contribution >= 4 is 18.1 Å². The third-order valence-corrected chi connectivity index (χ3v) is 2.49. The SMILES string of the molecule is O=Cc1ccc(OCC2CNC(=O)O2)c([N+](=O)[O-])c1. The van der Waals surface area contributed by atoms with Crippen molar-refractivity contribution in [3.63, 3.8) is 0 Å². The van der Waals surface area contributed by atoms with Crippen LogP contribution < -0.4 is 10.1 Å². The van der Waals surface area contributed by atoms with E-state index in [0.29, 0.717) is 12.8 Å². The molecule has 8 heteroatoms. The first-order chi connectivity index (χ1) is 9.10. The van der Waals surface area contributed by atoms with E-state index in [0.717, 1.165) is 6.07 Å².